The molecule has 0 atom stereocenters. The summed E-state index contributed by atoms with van der Waals surface area (Å²) in [4.78, 5) is 9.12. The normalized spacial score (nSPS) is 23.0. The fourth-order valence-electron chi connectivity index (χ4n) is 4.46. The Hall–Kier alpha value is -3.25. The van der Waals surface area contributed by atoms with Gasteiger partial charge in [-0.1, -0.05) is 18.2 Å². The fraction of sp³-hybridized carbons (Fsp3) is 0.320. The summed E-state index contributed by atoms with van der Waals surface area (Å²) in [7, 11) is 2.03. The number of likely N-dealkylation sites (N-methyl/N-ethyl adjacent to an activating group) is 1. The van der Waals surface area contributed by atoms with Crippen molar-refractivity contribution in [2.45, 2.75) is 37.8 Å². The van der Waals surface area contributed by atoms with Crippen molar-refractivity contribution < 1.29 is 9.47 Å². The number of rotatable bonds is 5. The average Bonchev–Trinajstić information content (AvgIpc) is 3.25. The molecule has 6 nitrogen and oxygen atoms in total. The summed E-state index contributed by atoms with van der Waals surface area (Å²) in [6.45, 7) is 0.884. The third kappa shape index (κ3) is 4.16. The van der Waals surface area contributed by atoms with Crippen LogP contribution in [0.1, 0.15) is 25.7 Å². The highest BCUT2D eigenvalue weighted by Crippen LogP contribution is 2.37. The Morgan fingerprint density at radius 2 is 1.52 bits per heavy atom. The number of para-hydroxylation sites is 1. The van der Waals surface area contributed by atoms with Crippen LogP contribution >= 0.6 is 0 Å². The minimum atomic E-state index is 0.333. The van der Waals surface area contributed by atoms with E-state index in [1.54, 1.807) is 0 Å². The quantitative estimate of drug-likeness (QED) is 0.779. The molecule has 1 fully saturated rings. The molecule has 1 aliphatic carbocycles. The first-order valence-electron chi connectivity index (χ1n) is 10.9. The van der Waals surface area contributed by atoms with Crippen LogP contribution in [0.25, 0.3) is 0 Å². The highest BCUT2D eigenvalue weighted by molar-refractivity contribution is 5.65. The van der Waals surface area contributed by atoms with Gasteiger partial charge in [-0.15, -0.1) is 0 Å². The minimum absolute atomic E-state index is 0.333. The summed E-state index contributed by atoms with van der Waals surface area (Å²) in [5.41, 5.74) is 8.36. The Morgan fingerprint density at radius 1 is 0.871 bits per heavy atom. The van der Waals surface area contributed by atoms with E-state index in [2.05, 4.69) is 20.9 Å². The van der Waals surface area contributed by atoms with Crippen LogP contribution in [0, 0.1) is 0 Å². The predicted octanol–water partition coefficient (Wildman–Crippen LogP) is 4.47. The first-order chi connectivity index (χ1) is 15.2. The van der Waals surface area contributed by atoms with E-state index in [4.69, 9.17) is 15.2 Å². The monoisotopic (exact) mass is 416 g/mol. The van der Waals surface area contributed by atoms with Gasteiger partial charge in [0.1, 0.15) is 22.9 Å². The van der Waals surface area contributed by atoms with Gasteiger partial charge < -0.3 is 25.0 Å². The Bertz CT molecular complexity index is 1010. The van der Waals surface area contributed by atoms with E-state index < -0.39 is 0 Å². The van der Waals surface area contributed by atoms with E-state index in [9.17, 15) is 0 Å². The molecule has 31 heavy (non-hydrogen) atoms. The van der Waals surface area contributed by atoms with Gasteiger partial charge in [-0.2, -0.15) is 0 Å². The molecule has 0 amide bonds. The zero-order chi connectivity index (χ0) is 21.2. The maximum Gasteiger partial charge on any atom is 0.246 e. The fourth-order valence-corrected chi connectivity index (χ4v) is 4.46. The molecule has 2 N–H and O–H groups in total. The van der Waals surface area contributed by atoms with Crippen molar-refractivity contribution in [2.75, 3.05) is 13.6 Å². The molecular weight excluding hydrogens is 388 g/mol. The molecule has 1 saturated carbocycles. The molecule has 5 rings (SSSR count). The highest BCUT2D eigenvalue weighted by atomic mass is 16.5. The van der Waals surface area contributed by atoms with Crippen LogP contribution < -0.4 is 15.2 Å². The lowest BCUT2D eigenvalue weighted by atomic mass is 9.90. The zero-order valence-corrected chi connectivity index (χ0v) is 17.8. The number of benzene rings is 2. The van der Waals surface area contributed by atoms with Gasteiger partial charge >= 0.3 is 0 Å². The molecular formula is C25H28N4O2. The van der Waals surface area contributed by atoms with Gasteiger partial charge in [-0.05, 0) is 68.2 Å². The van der Waals surface area contributed by atoms with E-state index in [-0.39, 0.29) is 0 Å². The van der Waals surface area contributed by atoms with E-state index >= 15 is 0 Å². The number of hydrogen-bond acceptors (Lipinski definition) is 6. The lowest BCUT2D eigenvalue weighted by Gasteiger charge is -2.37. The van der Waals surface area contributed by atoms with Gasteiger partial charge in [0.15, 0.2) is 0 Å². The lowest BCUT2D eigenvalue weighted by molar-refractivity contribution is 0.205. The van der Waals surface area contributed by atoms with Crippen molar-refractivity contribution in [2.24, 2.45) is 10.7 Å². The molecule has 2 aromatic carbocycles. The Morgan fingerprint density at radius 3 is 2.23 bits per heavy atom. The predicted molar refractivity (Wildman–Crippen MR) is 122 cm³/mol. The summed E-state index contributed by atoms with van der Waals surface area (Å²) < 4.78 is 12.1. The molecule has 2 aliphatic heterocycles. The van der Waals surface area contributed by atoms with Crippen molar-refractivity contribution >= 4 is 6.34 Å². The van der Waals surface area contributed by atoms with Crippen molar-refractivity contribution in [3.05, 3.63) is 78.0 Å². The molecule has 160 valence electrons. The van der Waals surface area contributed by atoms with Crippen LogP contribution in [0.3, 0.4) is 0 Å². The summed E-state index contributed by atoms with van der Waals surface area (Å²) >= 11 is 0. The van der Waals surface area contributed by atoms with Crippen LogP contribution in [0.4, 0.5) is 0 Å². The summed E-state index contributed by atoms with van der Waals surface area (Å²) in [5, 5.41) is 0. The topological polar surface area (TPSA) is 63.3 Å². The van der Waals surface area contributed by atoms with Crippen LogP contribution in [0.2, 0.25) is 0 Å². The highest BCUT2D eigenvalue weighted by Gasteiger charge is 2.35. The van der Waals surface area contributed by atoms with Gasteiger partial charge in [0.05, 0.1) is 12.0 Å². The molecule has 0 bridgehead atoms. The van der Waals surface area contributed by atoms with E-state index in [1.165, 1.54) is 0 Å². The summed E-state index contributed by atoms with van der Waals surface area (Å²) in [5.74, 6) is 2.96. The Balaban J connectivity index is 1.35. The Kier molecular flexibility index (Phi) is 5.38. The molecule has 2 aromatic rings. The maximum absolute atomic E-state index is 6.26. The van der Waals surface area contributed by atoms with E-state index in [0.29, 0.717) is 18.0 Å². The van der Waals surface area contributed by atoms with Gasteiger partial charge in [-0.25, -0.2) is 4.99 Å². The molecule has 0 radical (unpaired) electrons. The third-order valence-corrected chi connectivity index (χ3v) is 6.14. The molecule has 0 aromatic heterocycles. The number of nitrogens with two attached hydrogens (primary N) is 1. The smallest absolute Gasteiger partial charge is 0.246 e. The second kappa shape index (κ2) is 8.47. The summed E-state index contributed by atoms with van der Waals surface area (Å²) in [6, 6.07) is 18.2. The standard InChI is InChI=1S/C25H28N4O2/c1-28-17-27-25(24-23(28)15-16-29(24)19-9-7-18(26)8-10-19)31-22-13-11-21(12-14-22)30-20-5-3-2-4-6-20/h2-6,11-15,17-19H,7-10,16,26H2,1H3. The number of nitrogens with zero attached hydrogens (tertiary/aromatic N) is 3. The Labute approximate surface area is 183 Å². The van der Waals surface area contributed by atoms with Crippen LogP contribution in [-0.2, 0) is 0 Å². The van der Waals surface area contributed by atoms with Gasteiger partial charge in [0.25, 0.3) is 0 Å². The lowest BCUT2D eigenvalue weighted by Crippen LogP contribution is -2.40. The van der Waals surface area contributed by atoms with Crippen molar-refractivity contribution in [3.8, 4) is 17.2 Å². The van der Waals surface area contributed by atoms with Crippen molar-refractivity contribution in [3.63, 3.8) is 0 Å². The number of fused-ring (bicyclic) bond motifs is 1. The van der Waals surface area contributed by atoms with Crippen LogP contribution in [0.5, 0.6) is 17.2 Å². The third-order valence-electron chi connectivity index (χ3n) is 6.14. The molecule has 3 aliphatic rings. The zero-order valence-electron chi connectivity index (χ0n) is 17.8. The first-order valence-corrected chi connectivity index (χ1v) is 10.9. The van der Waals surface area contributed by atoms with Crippen LogP contribution in [-0.4, -0.2) is 41.8 Å². The number of ether oxygens (including phenoxy) is 2. The van der Waals surface area contributed by atoms with Gasteiger partial charge in [-0.3, -0.25) is 0 Å². The SMILES string of the molecule is CN1C=NC(Oc2ccc(Oc3ccccc3)cc2)=C2C1=CCN2C1CCC(N)CC1. The van der Waals surface area contributed by atoms with E-state index in [1.807, 2.05) is 68.0 Å². The molecule has 2 heterocycles. The maximum atomic E-state index is 6.26. The minimum Gasteiger partial charge on any atom is -0.457 e. The molecule has 6 heteroatoms. The molecule has 0 saturated heterocycles. The second-order valence-corrected chi connectivity index (χ2v) is 8.31. The molecule has 0 spiro atoms. The first kappa shape index (κ1) is 19.7. The van der Waals surface area contributed by atoms with Crippen LogP contribution in [0.15, 0.2) is 82.9 Å². The second-order valence-electron chi connectivity index (χ2n) is 8.31. The number of hydrogen-bond donors (Lipinski definition) is 1. The largest absolute Gasteiger partial charge is 0.457 e. The summed E-state index contributed by atoms with van der Waals surface area (Å²) in [6.07, 6.45) is 8.44. The number of aliphatic imine (C=N–C) groups is 1. The molecule has 0 unspecified atom stereocenters. The van der Waals surface area contributed by atoms with Crippen molar-refractivity contribution in [1.29, 1.82) is 0 Å². The van der Waals surface area contributed by atoms with Gasteiger partial charge in [0, 0.05) is 25.7 Å². The van der Waals surface area contributed by atoms with E-state index in [0.717, 1.165) is 60.9 Å². The average molecular weight is 417 g/mol. The van der Waals surface area contributed by atoms with Gasteiger partial charge in [0.2, 0.25) is 5.88 Å². The van der Waals surface area contributed by atoms with Crippen molar-refractivity contribution in [1.82, 2.24) is 9.80 Å².